The molecule has 0 saturated carbocycles. The van der Waals surface area contributed by atoms with Gasteiger partial charge in [0.2, 0.25) is 0 Å². The van der Waals surface area contributed by atoms with Gasteiger partial charge in [-0.2, -0.15) is 0 Å². The molecule has 1 atom stereocenters. The average Bonchev–Trinajstić information content (AvgIpc) is 2.42. The maximum Gasteiger partial charge on any atom is 0.308 e. The Morgan fingerprint density at radius 2 is 2.05 bits per heavy atom. The number of aliphatic hydroxyl groups excluding tert-OH is 1. The molecule has 0 amide bonds. The molecule has 1 unspecified atom stereocenters. The molecule has 1 aromatic carbocycles. The number of rotatable bonds is 7. The number of esters is 1. The summed E-state index contributed by atoms with van der Waals surface area (Å²) in [6, 6.07) is 3.24. The topological polar surface area (TPSA) is 46.5 Å². The molecular weight excluding hydrogens is 278 g/mol. The minimum absolute atomic E-state index is 0.0371. The molecule has 0 heterocycles. The van der Waals surface area contributed by atoms with Crippen LogP contribution in [0.3, 0.4) is 0 Å². The highest BCUT2D eigenvalue weighted by Gasteiger charge is 2.17. The minimum Gasteiger partial charge on any atom is -0.465 e. The van der Waals surface area contributed by atoms with Gasteiger partial charge in [-0.3, -0.25) is 4.79 Å². The van der Waals surface area contributed by atoms with Gasteiger partial charge in [0, 0.05) is 24.2 Å². The molecule has 0 radical (unpaired) electrons. The summed E-state index contributed by atoms with van der Waals surface area (Å²) < 4.78 is 31.5. The van der Waals surface area contributed by atoms with Crippen molar-refractivity contribution in [2.45, 2.75) is 20.3 Å². The van der Waals surface area contributed by atoms with Crippen LogP contribution in [0.25, 0.3) is 5.57 Å². The van der Waals surface area contributed by atoms with Crippen molar-refractivity contribution < 1.29 is 23.4 Å². The number of benzene rings is 1. The van der Waals surface area contributed by atoms with Gasteiger partial charge in [-0.15, -0.1) is 0 Å². The highest BCUT2D eigenvalue weighted by atomic mass is 19.1. The van der Waals surface area contributed by atoms with Gasteiger partial charge in [-0.1, -0.05) is 20.4 Å². The Kier molecular flexibility index (Phi) is 6.49. The molecule has 116 valence electrons. The summed E-state index contributed by atoms with van der Waals surface area (Å²) in [7, 11) is 0. The van der Waals surface area contributed by atoms with Crippen LogP contribution in [0.1, 0.15) is 25.8 Å². The van der Waals surface area contributed by atoms with Crippen LogP contribution in [0.15, 0.2) is 24.8 Å². The third-order valence-electron chi connectivity index (χ3n) is 3.04. The van der Waals surface area contributed by atoms with Gasteiger partial charge >= 0.3 is 5.97 Å². The van der Waals surface area contributed by atoms with Crippen LogP contribution in [0.4, 0.5) is 8.78 Å². The zero-order valence-electron chi connectivity index (χ0n) is 12.2. The average molecular weight is 298 g/mol. The van der Waals surface area contributed by atoms with Gasteiger partial charge in [0.05, 0.1) is 12.5 Å². The Balaban J connectivity index is 2.64. The quantitative estimate of drug-likeness (QED) is 0.786. The third kappa shape index (κ3) is 5.27. The lowest BCUT2D eigenvalue weighted by Gasteiger charge is -2.17. The first kappa shape index (κ1) is 17.3. The van der Waals surface area contributed by atoms with Crippen molar-refractivity contribution in [3.05, 3.63) is 42.0 Å². The van der Waals surface area contributed by atoms with Crippen molar-refractivity contribution in [2.75, 3.05) is 13.2 Å². The number of ether oxygens (including phenoxy) is 1. The maximum atomic E-state index is 13.6. The Morgan fingerprint density at radius 3 is 2.57 bits per heavy atom. The monoisotopic (exact) mass is 298 g/mol. The van der Waals surface area contributed by atoms with Crippen molar-refractivity contribution in [2.24, 2.45) is 11.8 Å². The summed E-state index contributed by atoms with van der Waals surface area (Å²) in [5.74, 6) is -2.33. The highest BCUT2D eigenvalue weighted by Crippen LogP contribution is 2.24. The number of carbonyl (C=O) groups is 1. The molecule has 21 heavy (non-hydrogen) atoms. The van der Waals surface area contributed by atoms with Gasteiger partial charge in [-0.05, 0) is 24.1 Å². The van der Waals surface area contributed by atoms with Gasteiger partial charge in [0.25, 0.3) is 0 Å². The van der Waals surface area contributed by atoms with Gasteiger partial charge in [0.15, 0.2) is 0 Å². The molecule has 0 bridgehead atoms. The highest BCUT2D eigenvalue weighted by molar-refractivity contribution is 5.71. The Hall–Kier alpha value is -1.75. The molecule has 3 nitrogen and oxygen atoms in total. The summed E-state index contributed by atoms with van der Waals surface area (Å²) in [5.41, 5.74) is 0.622. The number of halogens is 2. The van der Waals surface area contributed by atoms with Gasteiger partial charge < -0.3 is 9.84 Å². The summed E-state index contributed by atoms with van der Waals surface area (Å²) in [4.78, 5) is 11.4. The first-order valence-corrected chi connectivity index (χ1v) is 6.75. The molecule has 0 spiro atoms. The summed E-state index contributed by atoms with van der Waals surface area (Å²) in [5, 5.41) is 9.30. The summed E-state index contributed by atoms with van der Waals surface area (Å²) in [6.45, 7) is 7.00. The molecule has 5 heteroatoms. The number of hydrogen-bond acceptors (Lipinski definition) is 3. The normalized spacial score (nSPS) is 12.3. The predicted octanol–water partition coefficient (Wildman–Crippen LogP) is 3.18. The molecule has 0 saturated heterocycles. The Labute approximate surface area is 123 Å². The molecular formula is C16H20F2O3. The summed E-state index contributed by atoms with van der Waals surface area (Å²) >= 11 is 0. The molecule has 1 N–H and O–H groups in total. The molecule has 0 aromatic heterocycles. The first-order valence-electron chi connectivity index (χ1n) is 6.75. The number of allylic oxidation sites excluding steroid dienone is 1. The second kappa shape index (κ2) is 7.88. The second-order valence-electron chi connectivity index (χ2n) is 5.27. The standard InChI is InChI=1S/C16H20F2O3/c1-10(2)16(20)21-9-12(8-19)6-11(3)14-5-4-13(17)7-15(14)18/h4-5,7,10,12,19H,3,6,8-9H2,1-2H3. The van der Waals surface area contributed by atoms with Gasteiger partial charge in [0.1, 0.15) is 11.6 Å². The zero-order chi connectivity index (χ0) is 16.0. The van der Waals surface area contributed by atoms with E-state index in [1.165, 1.54) is 6.07 Å². The fourth-order valence-corrected chi connectivity index (χ4v) is 1.78. The summed E-state index contributed by atoms with van der Waals surface area (Å²) in [6.07, 6.45) is 0.254. The van der Waals surface area contributed by atoms with E-state index in [0.29, 0.717) is 5.57 Å². The van der Waals surface area contributed by atoms with Crippen molar-refractivity contribution in [3.63, 3.8) is 0 Å². The van der Waals surface area contributed by atoms with E-state index in [9.17, 15) is 18.7 Å². The van der Waals surface area contributed by atoms with Crippen molar-refractivity contribution in [3.8, 4) is 0 Å². The Morgan fingerprint density at radius 1 is 1.38 bits per heavy atom. The van der Waals surface area contributed by atoms with Crippen LogP contribution in [0.5, 0.6) is 0 Å². The third-order valence-corrected chi connectivity index (χ3v) is 3.04. The van der Waals surface area contributed by atoms with E-state index < -0.39 is 11.6 Å². The number of aliphatic hydroxyl groups is 1. The molecule has 0 fully saturated rings. The zero-order valence-corrected chi connectivity index (χ0v) is 12.2. The molecule has 0 aliphatic heterocycles. The minimum atomic E-state index is -0.698. The van der Waals surface area contributed by atoms with E-state index in [-0.39, 0.29) is 43.0 Å². The fraction of sp³-hybridized carbons (Fsp3) is 0.438. The first-order chi connectivity index (χ1) is 9.85. The van der Waals surface area contributed by atoms with Crippen LogP contribution in [0, 0.1) is 23.5 Å². The fourth-order valence-electron chi connectivity index (χ4n) is 1.78. The molecule has 0 aliphatic rings. The van der Waals surface area contributed by atoms with E-state index >= 15 is 0 Å². The van der Waals surface area contributed by atoms with Crippen molar-refractivity contribution in [1.82, 2.24) is 0 Å². The largest absolute Gasteiger partial charge is 0.465 e. The van der Waals surface area contributed by atoms with Crippen LogP contribution >= 0.6 is 0 Å². The SMILES string of the molecule is C=C(CC(CO)COC(=O)C(C)C)c1ccc(F)cc1F. The lowest BCUT2D eigenvalue weighted by atomic mass is 9.96. The van der Waals surface area contributed by atoms with E-state index in [2.05, 4.69) is 6.58 Å². The van der Waals surface area contributed by atoms with E-state index in [1.807, 2.05) is 0 Å². The van der Waals surface area contributed by atoms with Crippen LogP contribution in [0.2, 0.25) is 0 Å². The van der Waals surface area contributed by atoms with Crippen molar-refractivity contribution >= 4 is 11.5 Å². The van der Waals surface area contributed by atoms with Crippen LogP contribution < -0.4 is 0 Å². The van der Waals surface area contributed by atoms with E-state index in [1.54, 1.807) is 13.8 Å². The number of hydrogen-bond donors (Lipinski definition) is 1. The molecule has 0 aliphatic carbocycles. The maximum absolute atomic E-state index is 13.6. The van der Waals surface area contributed by atoms with Gasteiger partial charge in [-0.25, -0.2) is 8.78 Å². The van der Waals surface area contributed by atoms with E-state index in [0.717, 1.165) is 12.1 Å². The smallest absolute Gasteiger partial charge is 0.308 e. The lowest BCUT2D eigenvalue weighted by molar-refractivity contribution is -0.149. The van der Waals surface area contributed by atoms with E-state index in [4.69, 9.17) is 4.74 Å². The molecule has 1 rings (SSSR count). The molecule has 1 aromatic rings. The lowest BCUT2D eigenvalue weighted by Crippen LogP contribution is -2.20. The van der Waals surface area contributed by atoms with Crippen LogP contribution in [-0.4, -0.2) is 24.3 Å². The predicted molar refractivity (Wildman–Crippen MR) is 76.4 cm³/mol. The van der Waals surface area contributed by atoms with Crippen LogP contribution in [-0.2, 0) is 9.53 Å². The second-order valence-corrected chi connectivity index (χ2v) is 5.27. The Bertz CT molecular complexity index is 512. The number of carbonyl (C=O) groups excluding carboxylic acids is 1. The van der Waals surface area contributed by atoms with Crippen molar-refractivity contribution in [1.29, 1.82) is 0 Å².